The summed E-state index contributed by atoms with van der Waals surface area (Å²) < 4.78 is 6.72. The van der Waals surface area contributed by atoms with Gasteiger partial charge in [0.15, 0.2) is 5.96 Å². The van der Waals surface area contributed by atoms with E-state index in [1.54, 1.807) is 17.9 Å². The molecule has 2 heterocycles. The lowest BCUT2D eigenvalue weighted by Crippen LogP contribution is -2.50. The number of guanidine groups is 1. The van der Waals surface area contributed by atoms with E-state index in [-0.39, 0.29) is 24.2 Å². The number of hydrogen-bond acceptors (Lipinski definition) is 5. The number of benzene rings is 1. The Hall–Kier alpha value is -4.08. The van der Waals surface area contributed by atoms with Crippen LogP contribution in [0, 0.1) is 18.3 Å². The van der Waals surface area contributed by atoms with E-state index in [2.05, 4.69) is 17.2 Å². The van der Waals surface area contributed by atoms with Crippen LogP contribution >= 0.6 is 0 Å². The maximum absolute atomic E-state index is 13.3. The quantitative estimate of drug-likeness (QED) is 0.288. The Kier molecular flexibility index (Phi) is 7.50. The lowest BCUT2D eigenvalue weighted by molar-refractivity contribution is -0.109. The van der Waals surface area contributed by atoms with Crippen molar-refractivity contribution in [2.45, 2.75) is 32.5 Å². The first-order valence-corrected chi connectivity index (χ1v) is 10.5. The van der Waals surface area contributed by atoms with Crippen LogP contribution < -0.4 is 21.9 Å². The second-order valence-corrected chi connectivity index (χ2v) is 7.82. The summed E-state index contributed by atoms with van der Waals surface area (Å²) >= 11 is 0. The summed E-state index contributed by atoms with van der Waals surface area (Å²) in [7, 11) is 0. The van der Waals surface area contributed by atoms with Crippen molar-refractivity contribution in [3.63, 3.8) is 0 Å². The first-order chi connectivity index (χ1) is 15.8. The Morgan fingerprint density at radius 2 is 2.03 bits per heavy atom. The van der Waals surface area contributed by atoms with Gasteiger partial charge in [0.05, 0.1) is 0 Å². The van der Waals surface area contributed by atoms with Crippen LogP contribution in [-0.2, 0) is 16.1 Å². The lowest BCUT2D eigenvalue weighted by Gasteiger charge is -2.41. The average Bonchev–Trinajstić information content (AvgIpc) is 2.80. The Bertz CT molecular complexity index is 1100. The molecule has 10 heteroatoms. The number of amides is 2. The molecular weight excluding hydrogens is 424 g/mol. The Morgan fingerprint density at radius 3 is 2.70 bits per heavy atom. The summed E-state index contributed by atoms with van der Waals surface area (Å²) in [6, 6.07) is 12.4. The summed E-state index contributed by atoms with van der Waals surface area (Å²) in [5, 5.41) is 13.1. The Balaban J connectivity index is 1.83. The third-order valence-electron chi connectivity index (χ3n) is 5.69. The number of ether oxygens (including phenoxy) is 1. The van der Waals surface area contributed by atoms with Gasteiger partial charge in [0, 0.05) is 23.9 Å². The van der Waals surface area contributed by atoms with Gasteiger partial charge in [-0.25, -0.2) is 4.79 Å². The number of hydrogen-bond donors (Lipinski definition) is 4. The zero-order valence-electron chi connectivity index (χ0n) is 18.4. The first kappa shape index (κ1) is 23.6. The molecule has 174 valence electrons. The number of carbonyl (C=O) groups is 2. The summed E-state index contributed by atoms with van der Waals surface area (Å²) in [5.74, 6) is -0.270. The largest absolute Gasteiger partial charge is 0.444 e. The van der Waals surface area contributed by atoms with Crippen LogP contribution in [0.4, 0.5) is 10.5 Å². The molecular formula is C23H28N6O4. The van der Waals surface area contributed by atoms with Gasteiger partial charge in [0.25, 0.3) is 5.56 Å². The van der Waals surface area contributed by atoms with Crippen molar-refractivity contribution < 1.29 is 14.3 Å². The number of rotatable bonds is 7. The van der Waals surface area contributed by atoms with Gasteiger partial charge >= 0.3 is 6.09 Å². The van der Waals surface area contributed by atoms with Crippen LogP contribution in [0.25, 0.3) is 0 Å². The van der Waals surface area contributed by atoms with E-state index in [0.717, 1.165) is 5.56 Å². The van der Waals surface area contributed by atoms with Gasteiger partial charge < -0.3 is 20.7 Å². The van der Waals surface area contributed by atoms with E-state index in [1.807, 2.05) is 30.3 Å². The molecule has 2 unspecified atom stereocenters. The van der Waals surface area contributed by atoms with E-state index in [9.17, 15) is 14.4 Å². The molecule has 1 aliphatic rings. The zero-order valence-corrected chi connectivity index (χ0v) is 18.4. The third-order valence-corrected chi connectivity index (χ3v) is 5.69. The van der Waals surface area contributed by atoms with Crippen molar-refractivity contribution in [1.29, 1.82) is 5.41 Å². The maximum Gasteiger partial charge on any atom is 0.412 e. The normalized spacial score (nSPS) is 17.7. The number of nitrogens with zero attached hydrogens (tertiary/aromatic N) is 2. The van der Waals surface area contributed by atoms with Crippen molar-refractivity contribution in [2.24, 2.45) is 11.7 Å². The number of anilines is 1. The molecule has 0 spiro atoms. The molecule has 2 aromatic rings. The number of piperidine rings is 1. The minimum absolute atomic E-state index is 0.0501. The van der Waals surface area contributed by atoms with E-state index >= 15 is 0 Å². The van der Waals surface area contributed by atoms with Gasteiger partial charge in [0.2, 0.25) is 6.41 Å². The van der Waals surface area contributed by atoms with Crippen LogP contribution in [0.5, 0.6) is 0 Å². The standard InChI is InChI=1S/C23H28N6O4/c1-15-8-9-19(27-23(32)33-13-17-6-4-3-5-7-17)21(31)29(15)20-12-18(16(2)26-14-30)10-11-28(20)22(24)25/h3-9,14,18,20H,2,10-13H2,1H3,(H3,24,25)(H,26,30)(H,27,32). The van der Waals surface area contributed by atoms with Gasteiger partial charge in [-0.05, 0) is 37.5 Å². The number of carbonyl (C=O) groups excluding carboxylic acids is 2. The molecule has 2 atom stereocenters. The van der Waals surface area contributed by atoms with E-state index in [0.29, 0.717) is 37.2 Å². The van der Waals surface area contributed by atoms with Crippen molar-refractivity contribution >= 4 is 24.2 Å². The maximum atomic E-state index is 13.3. The van der Waals surface area contributed by atoms with Gasteiger partial charge in [-0.3, -0.25) is 24.9 Å². The van der Waals surface area contributed by atoms with Crippen molar-refractivity contribution in [3.05, 3.63) is 76.4 Å². The van der Waals surface area contributed by atoms with Crippen molar-refractivity contribution in [1.82, 2.24) is 14.8 Å². The number of nitrogens with two attached hydrogens (primary N) is 1. The molecule has 0 aliphatic carbocycles. The molecule has 0 saturated carbocycles. The fraction of sp³-hybridized carbons (Fsp3) is 0.304. The van der Waals surface area contributed by atoms with E-state index in [4.69, 9.17) is 15.9 Å². The second-order valence-electron chi connectivity index (χ2n) is 7.82. The molecule has 1 aromatic heterocycles. The summed E-state index contributed by atoms with van der Waals surface area (Å²) in [6.45, 7) is 6.15. The van der Waals surface area contributed by atoms with Crippen molar-refractivity contribution in [2.75, 3.05) is 11.9 Å². The van der Waals surface area contributed by atoms with Gasteiger partial charge in [-0.2, -0.15) is 0 Å². The number of likely N-dealkylation sites (tertiary alicyclic amines) is 1. The average molecular weight is 453 g/mol. The highest BCUT2D eigenvalue weighted by Gasteiger charge is 2.33. The van der Waals surface area contributed by atoms with E-state index < -0.39 is 17.8 Å². The molecule has 1 aromatic carbocycles. The molecule has 5 N–H and O–H groups in total. The minimum atomic E-state index is -0.750. The zero-order chi connectivity index (χ0) is 24.0. The van der Waals surface area contributed by atoms with Crippen LogP contribution in [0.2, 0.25) is 0 Å². The minimum Gasteiger partial charge on any atom is -0.444 e. The first-order valence-electron chi connectivity index (χ1n) is 10.5. The molecule has 3 rings (SSSR count). The number of aryl methyl sites for hydroxylation is 1. The highest BCUT2D eigenvalue weighted by Crippen LogP contribution is 2.33. The predicted molar refractivity (Wildman–Crippen MR) is 124 cm³/mol. The Morgan fingerprint density at radius 1 is 1.30 bits per heavy atom. The predicted octanol–water partition coefficient (Wildman–Crippen LogP) is 2.27. The SMILES string of the molecule is C=C(NC=O)C1CCN(C(=N)N)C(n2c(C)ccc(NC(=O)OCc3ccccc3)c2=O)C1. The fourth-order valence-corrected chi connectivity index (χ4v) is 3.96. The summed E-state index contributed by atoms with van der Waals surface area (Å²) in [4.78, 5) is 38.1. The number of allylic oxidation sites excluding steroid dienone is 1. The third kappa shape index (κ3) is 5.59. The number of nitrogens with one attached hydrogen (secondary N) is 3. The summed E-state index contributed by atoms with van der Waals surface area (Å²) in [5.41, 5.74) is 7.40. The second kappa shape index (κ2) is 10.5. The number of pyridine rings is 1. The van der Waals surface area contributed by atoms with Crippen molar-refractivity contribution in [3.8, 4) is 0 Å². The molecule has 2 amide bonds. The smallest absolute Gasteiger partial charge is 0.412 e. The van der Waals surface area contributed by atoms with E-state index in [1.165, 1.54) is 10.6 Å². The molecule has 1 aliphatic heterocycles. The molecule has 1 fully saturated rings. The van der Waals surface area contributed by atoms with Crippen LogP contribution in [-0.4, -0.2) is 34.5 Å². The van der Waals surface area contributed by atoms with Gasteiger partial charge in [0.1, 0.15) is 18.5 Å². The molecule has 0 bridgehead atoms. The monoisotopic (exact) mass is 452 g/mol. The van der Waals surface area contributed by atoms with Crippen LogP contribution in [0.3, 0.4) is 0 Å². The van der Waals surface area contributed by atoms with Crippen LogP contribution in [0.15, 0.2) is 59.5 Å². The topological polar surface area (TPSA) is 143 Å². The molecule has 0 radical (unpaired) electrons. The number of aromatic nitrogens is 1. The highest BCUT2D eigenvalue weighted by molar-refractivity contribution is 5.84. The van der Waals surface area contributed by atoms with Gasteiger partial charge in [-0.15, -0.1) is 0 Å². The highest BCUT2D eigenvalue weighted by atomic mass is 16.5. The molecule has 1 saturated heterocycles. The summed E-state index contributed by atoms with van der Waals surface area (Å²) in [6.07, 6.45) is 0.258. The Labute approximate surface area is 191 Å². The fourth-order valence-electron chi connectivity index (χ4n) is 3.96. The molecule has 33 heavy (non-hydrogen) atoms. The van der Waals surface area contributed by atoms with Crippen LogP contribution in [0.1, 0.15) is 30.3 Å². The molecule has 10 nitrogen and oxygen atoms in total. The van der Waals surface area contributed by atoms with Gasteiger partial charge in [-0.1, -0.05) is 36.9 Å². The lowest BCUT2D eigenvalue weighted by atomic mass is 9.91.